The van der Waals surface area contributed by atoms with Crippen LogP contribution >= 0.6 is 23.2 Å². The van der Waals surface area contributed by atoms with Crippen LogP contribution in [0.15, 0.2) is 18.2 Å². The second kappa shape index (κ2) is 6.98. The first-order valence-electron chi connectivity index (χ1n) is 5.80. The molecule has 1 aromatic carbocycles. The molecule has 0 bridgehead atoms. The molecule has 0 aliphatic heterocycles. The Labute approximate surface area is 117 Å². The summed E-state index contributed by atoms with van der Waals surface area (Å²) >= 11 is 11.8. The highest BCUT2D eigenvalue weighted by atomic mass is 35.5. The van der Waals surface area contributed by atoms with E-state index in [1.54, 1.807) is 18.2 Å². The lowest BCUT2D eigenvalue weighted by Gasteiger charge is -2.17. The maximum atomic E-state index is 11.1. The molecule has 3 nitrogen and oxygen atoms in total. The highest BCUT2D eigenvalue weighted by Gasteiger charge is 2.18. The van der Waals surface area contributed by atoms with Gasteiger partial charge in [-0.05, 0) is 30.0 Å². The van der Waals surface area contributed by atoms with Gasteiger partial charge in [0.1, 0.15) is 6.04 Å². The monoisotopic (exact) mass is 289 g/mol. The summed E-state index contributed by atoms with van der Waals surface area (Å²) in [5, 5.41) is 13.2. The van der Waals surface area contributed by atoms with Gasteiger partial charge in [0, 0.05) is 16.6 Å². The molecule has 0 heterocycles. The van der Waals surface area contributed by atoms with E-state index < -0.39 is 12.0 Å². The number of hydrogen-bond acceptors (Lipinski definition) is 2. The van der Waals surface area contributed by atoms with Gasteiger partial charge in [-0.25, -0.2) is 0 Å². The highest BCUT2D eigenvalue weighted by molar-refractivity contribution is 6.35. The first-order valence-corrected chi connectivity index (χ1v) is 6.56. The molecule has 0 aliphatic carbocycles. The number of halogens is 2. The van der Waals surface area contributed by atoms with Crippen molar-refractivity contribution in [3.05, 3.63) is 33.8 Å². The molecule has 18 heavy (non-hydrogen) atoms. The van der Waals surface area contributed by atoms with Gasteiger partial charge in [-0.2, -0.15) is 0 Å². The zero-order valence-corrected chi connectivity index (χ0v) is 11.9. The van der Waals surface area contributed by atoms with E-state index in [0.29, 0.717) is 28.9 Å². The van der Waals surface area contributed by atoms with Gasteiger partial charge in [-0.3, -0.25) is 4.79 Å². The summed E-state index contributed by atoms with van der Waals surface area (Å²) in [5.74, 6) is -0.520. The summed E-state index contributed by atoms with van der Waals surface area (Å²) < 4.78 is 0. The lowest BCUT2D eigenvalue weighted by molar-refractivity contribution is -0.140. The predicted octanol–water partition coefficient (Wildman–Crippen LogP) is 3.58. The van der Waals surface area contributed by atoms with Gasteiger partial charge < -0.3 is 10.4 Å². The van der Waals surface area contributed by atoms with Crippen LogP contribution in [0, 0.1) is 5.92 Å². The fourth-order valence-corrected chi connectivity index (χ4v) is 2.12. The Morgan fingerprint density at radius 3 is 2.56 bits per heavy atom. The van der Waals surface area contributed by atoms with Crippen molar-refractivity contribution in [2.45, 2.75) is 32.9 Å². The Morgan fingerprint density at radius 2 is 2.06 bits per heavy atom. The molecule has 1 rings (SSSR count). The largest absolute Gasteiger partial charge is 0.480 e. The van der Waals surface area contributed by atoms with E-state index in [9.17, 15) is 4.79 Å². The Morgan fingerprint density at radius 1 is 1.39 bits per heavy atom. The third-order valence-corrected chi connectivity index (χ3v) is 3.15. The maximum Gasteiger partial charge on any atom is 0.320 e. The molecule has 5 heteroatoms. The average molecular weight is 290 g/mol. The maximum absolute atomic E-state index is 11.1. The molecule has 0 radical (unpaired) electrons. The standard InChI is InChI=1S/C13H17Cl2NO2/c1-8(2)5-12(13(17)18)16-7-9-3-4-10(14)6-11(9)15/h3-4,6,8,12,16H,5,7H2,1-2H3,(H,17,18). The third-order valence-electron chi connectivity index (χ3n) is 2.56. The molecule has 1 aromatic rings. The zero-order valence-electron chi connectivity index (χ0n) is 10.4. The van der Waals surface area contributed by atoms with Gasteiger partial charge in [0.2, 0.25) is 0 Å². The van der Waals surface area contributed by atoms with Gasteiger partial charge in [0.25, 0.3) is 0 Å². The molecule has 0 saturated heterocycles. The Kier molecular flexibility index (Phi) is 5.93. The molecule has 0 amide bonds. The minimum Gasteiger partial charge on any atom is -0.480 e. The van der Waals surface area contributed by atoms with E-state index in [-0.39, 0.29) is 0 Å². The molecule has 1 atom stereocenters. The van der Waals surface area contributed by atoms with Gasteiger partial charge in [0.15, 0.2) is 0 Å². The highest BCUT2D eigenvalue weighted by Crippen LogP contribution is 2.21. The van der Waals surface area contributed by atoms with E-state index in [0.717, 1.165) is 5.56 Å². The number of carboxylic acids is 1. The Hall–Kier alpha value is -0.770. The normalized spacial score (nSPS) is 12.7. The summed E-state index contributed by atoms with van der Waals surface area (Å²) in [7, 11) is 0. The molecule has 2 N–H and O–H groups in total. The van der Waals surface area contributed by atoms with Crippen molar-refractivity contribution in [2.24, 2.45) is 5.92 Å². The van der Waals surface area contributed by atoms with Crippen molar-refractivity contribution in [2.75, 3.05) is 0 Å². The van der Waals surface area contributed by atoms with Crippen molar-refractivity contribution in [1.82, 2.24) is 5.32 Å². The smallest absolute Gasteiger partial charge is 0.320 e. The van der Waals surface area contributed by atoms with Crippen LogP contribution in [0.4, 0.5) is 0 Å². The fourth-order valence-electron chi connectivity index (χ4n) is 1.64. The summed E-state index contributed by atoms with van der Waals surface area (Å²) in [6.07, 6.45) is 0.584. The molecule has 100 valence electrons. The first kappa shape index (κ1) is 15.3. The molecule has 0 spiro atoms. The van der Waals surface area contributed by atoms with Crippen LogP contribution in [0.1, 0.15) is 25.8 Å². The topological polar surface area (TPSA) is 49.3 Å². The molecule has 0 saturated carbocycles. The van der Waals surface area contributed by atoms with Crippen LogP contribution in [0.3, 0.4) is 0 Å². The minimum atomic E-state index is -0.839. The van der Waals surface area contributed by atoms with Gasteiger partial charge >= 0.3 is 5.97 Å². The quantitative estimate of drug-likeness (QED) is 0.842. The molecular weight excluding hydrogens is 273 g/mol. The number of benzene rings is 1. The van der Waals surface area contributed by atoms with E-state index in [2.05, 4.69) is 5.32 Å². The molecule has 0 fully saturated rings. The zero-order chi connectivity index (χ0) is 13.7. The molecular formula is C13H17Cl2NO2. The number of aliphatic carboxylic acids is 1. The van der Waals surface area contributed by atoms with Crippen LogP contribution in [0.2, 0.25) is 10.0 Å². The number of carbonyl (C=O) groups is 1. The van der Waals surface area contributed by atoms with Gasteiger partial charge in [-0.15, -0.1) is 0 Å². The molecule has 1 unspecified atom stereocenters. The fraction of sp³-hybridized carbons (Fsp3) is 0.462. The van der Waals surface area contributed by atoms with Crippen LogP contribution in [-0.4, -0.2) is 17.1 Å². The first-order chi connectivity index (χ1) is 8.40. The van der Waals surface area contributed by atoms with E-state index in [1.807, 2.05) is 13.8 Å². The van der Waals surface area contributed by atoms with Gasteiger partial charge in [0.05, 0.1) is 0 Å². The predicted molar refractivity (Wildman–Crippen MR) is 74.2 cm³/mol. The number of hydrogen-bond donors (Lipinski definition) is 2. The van der Waals surface area contributed by atoms with E-state index in [4.69, 9.17) is 28.3 Å². The summed E-state index contributed by atoms with van der Waals surface area (Å²) in [5.41, 5.74) is 0.844. The Balaban J connectivity index is 2.64. The SMILES string of the molecule is CC(C)CC(NCc1ccc(Cl)cc1Cl)C(=O)O. The van der Waals surface area contributed by atoms with Crippen molar-refractivity contribution >= 4 is 29.2 Å². The Bertz CT molecular complexity index is 421. The van der Waals surface area contributed by atoms with Crippen LogP contribution in [-0.2, 0) is 11.3 Å². The minimum absolute atomic E-state index is 0.319. The van der Waals surface area contributed by atoms with Crippen molar-refractivity contribution in [3.63, 3.8) is 0 Å². The van der Waals surface area contributed by atoms with E-state index >= 15 is 0 Å². The molecule has 0 aromatic heterocycles. The lowest BCUT2D eigenvalue weighted by atomic mass is 10.0. The summed E-state index contributed by atoms with van der Waals surface area (Å²) in [6, 6.07) is 4.63. The lowest BCUT2D eigenvalue weighted by Crippen LogP contribution is -2.37. The number of carboxylic acid groups (broad SMARTS) is 1. The van der Waals surface area contributed by atoms with Crippen LogP contribution in [0.25, 0.3) is 0 Å². The van der Waals surface area contributed by atoms with Crippen LogP contribution in [0.5, 0.6) is 0 Å². The average Bonchev–Trinajstić information content (AvgIpc) is 2.25. The van der Waals surface area contributed by atoms with Crippen molar-refractivity contribution in [1.29, 1.82) is 0 Å². The van der Waals surface area contributed by atoms with Gasteiger partial charge in [-0.1, -0.05) is 43.1 Å². The molecule has 0 aliphatic rings. The number of rotatable bonds is 6. The van der Waals surface area contributed by atoms with E-state index in [1.165, 1.54) is 0 Å². The summed E-state index contributed by atoms with van der Waals surface area (Å²) in [6.45, 7) is 4.40. The van der Waals surface area contributed by atoms with Crippen molar-refractivity contribution < 1.29 is 9.90 Å². The van der Waals surface area contributed by atoms with Crippen LogP contribution < -0.4 is 5.32 Å². The summed E-state index contributed by atoms with van der Waals surface area (Å²) in [4.78, 5) is 11.1. The number of nitrogens with one attached hydrogen (secondary N) is 1. The second-order valence-corrected chi connectivity index (χ2v) is 5.48. The third kappa shape index (κ3) is 4.84. The second-order valence-electron chi connectivity index (χ2n) is 4.64. The van der Waals surface area contributed by atoms with Crippen molar-refractivity contribution in [3.8, 4) is 0 Å².